The Morgan fingerprint density at radius 3 is 1.94 bits per heavy atom. The molecule has 2 aromatic rings. The molecular weight excluding hydrogens is 226 g/mol. The zero-order chi connectivity index (χ0) is 13.0. The van der Waals surface area contributed by atoms with E-state index in [1.54, 1.807) is 12.1 Å². The van der Waals surface area contributed by atoms with E-state index in [-0.39, 0.29) is 5.97 Å². The Morgan fingerprint density at radius 2 is 1.44 bits per heavy atom. The summed E-state index contributed by atoms with van der Waals surface area (Å²) in [6, 6.07) is 15.3. The van der Waals surface area contributed by atoms with Gasteiger partial charge in [0, 0.05) is 11.4 Å². The summed E-state index contributed by atoms with van der Waals surface area (Å²) in [4.78, 5) is 11.3. The van der Waals surface area contributed by atoms with Crippen molar-refractivity contribution in [2.24, 2.45) is 0 Å². The van der Waals surface area contributed by atoms with E-state index in [0.29, 0.717) is 5.56 Å². The topological polar surface area (TPSA) is 38.3 Å². The molecule has 2 aromatic carbocycles. The van der Waals surface area contributed by atoms with Crippen LogP contribution in [0.25, 0.3) is 0 Å². The summed E-state index contributed by atoms with van der Waals surface area (Å²) >= 11 is 0. The second kappa shape index (κ2) is 5.36. The number of ether oxygens (including phenoxy) is 1. The molecule has 0 aliphatic rings. The molecule has 0 aliphatic carbocycles. The summed E-state index contributed by atoms with van der Waals surface area (Å²) in [6.45, 7) is 2.05. The summed E-state index contributed by atoms with van der Waals surface area (Å²) in [5.74, 6) is -0.322. The second-order valence-electron chi connectivity index (χ2n) is 4.06. The van der Waals surface area contributed by atoms with Gasteiger partial charge in [0.15, 0.2) is 0 Å². The first-order chi connectivity index (χ1) is 8.69. The van der Waals surface area contributed by atoms with Gasteiger partial charge in [-0.3, -0.25) is 0 Å². The molecule has 0 aliphatic heterocycles. The fourth-order valence-electron chi connectivity index (χ4n) is 1.61. The minimum Gasteiger partial charge on any atom is -0.465 e. The number of carbonyl (C=O) groups is 1. The van der Waals surface area contributed by atoms with Crippen LogP contribution in [0.15, 0.2) is 48.5 Å². The molecule has 0 atom stereocenters. The molecule has 0 aromatic heterocycles. The van der Waals surface area contributed by atoms with Gasteiger partial charge in [0.1, 0.15) is 0 Å². The van der Waals surface area contributed by atoms with Crippen LogP contribution in [0.5, 0.6) is 0 Å². The average Bonchev–Trinajstić information content (AvgIpc) is 2.41. The lowest BCUT2D eigenvalue weighted by Crippen LogP contribution is -2.00. The van der Waals surface area contributed by atoms with E-state index in [9.17, 15) is 4.79 Å². The molecule has 1 N–H and O–H groups in total. The number of anilines is 2. The molecule has 3 heteroatoms. The van der Waals surface area contributed by atoms with Crippen molar-refractivity contribution >= 4 is 17.3 Å². The van der Waals surface area contributed by atoms with Crippen molar-refractivity contribution < 1.29 is 9.53 Å². The number of rotatable bonds is 3. The van der Waals surface area contributed by atoms with Crippen LogP contribution in [0.4, 0.5) is 11.4 Å². The summed E-state index contributed by atoms with van der Waals surface area (Å²) in [5, 5.41) is 3.26. The molecule has 0 unspecified atom stereocenters. The van der Waals surface area contributed by atoms with E-state index < -0.39 is 0 Å². The maximum atomic E-state index is 11.3. The Morgan fingerprint density at radius 1 is 0.944 bits per heavy atom. The van der Waals surface area contributed by atoms with Gasteiger partial charge in [-0.05, 0) is 43.3 Å². The van der Waals surface area contributed by atoms with E-state index >= 15 is 0 Å². The van der Waals surface area contributed by atoms with E-state index in [4.69, 9.17) is 0 Å². The van der Waals surface area contributed by atoms with Crippen LogP contribution in [0, 0.1) is 6.92 Å². The number of hydrogen-bond acceptors (Lipinski definition) is 3. The SMILES string of the molecule is COC(=O)c1ccc(Nc2ccc(C)cc2)cc1. The lowest BCUT2D eigenvalue weighted by atomic mass is 10.2. The number of methoxy groups -OCH3 is 1. The quantitative estimate of drug-likeness (QED) is 0.835. The summed E-state index contributed by atoms with van der Waals surface area (Å²) in [7, 11) is 1.38. The van der Waals surface area contributed by atoms with Crippen molar-refractivity contribution in [2.75, 3.05) is 12.4 Å². The number of nitrogens with one attached hydrogen (secondary N) is 1. The normalized spacial score (nSPS) is 9.89. The van der Waals surface area contributed by atoms with Crippen LogP contribution in [-0.4, -0.2) is 13.1 Å². The molecule has 92 valence electrons. The van der Waals surface area contributed by atoms with Crippen molar-refractivity contribution in [3.8, 4) is 0 Å². The van der Waals surface area contributed by atoms with Crippen LogP contribution < -0.4 is 5.32 Å². The van der Waals surface area contributed by atoms with E-state index in [1.165, 1.54) is 12.7 Å². The highest BCUT2D eigenvalue weighted by atomic mass is 16.5. The van der Waals surface area contributed by atoms with Gasteiger partial charge in [-0.2, -0.15) is 0 Å². The van der Waals surface area contributed by atoms with Crippen LogP contribution >= 0.6 is 0 Å². The van der Waals surface area contributed by atoms with Gasteiger partial charge in [0.2, 0.25) is 0 Å². The minimum absolute atomic E-state index is 0.322. The highest BCUT2D eigenvalue weighted by Gasteiger charge is 2.04. The summed E-state index contributed by atoms with van der Waals surface area (Å²) in [5.41, 5.74) is 3.73. The van der Waals surface area contributed by atoms with Crippen molar-refractivity contribution in [1.82, 2.24) is 0 Å². The van der Waals surface area contributed by atoms with Crippen molar-refractivity contribution in [3.63, 3.8) is 0 Å². The predicted octanol–water partition coefficient (Wildman–Crippen LogP) is 3.53. The fourth-order valence-corrected chi connectivity index (χ4v) is 1.61. The fraction of sp³-hybridized carbons (Fsp3) is 0.133. The maximum absolute atomic E-state index is 11.3. The molecule has 2 rings (SSSR count). The van der Waals surface area contributed by atoms with Gasteiger partial charge in [-0.1, -0.05) is 17.7 Å². The molecule has 0 fully saturated rings. The highest BCUT2D eigenvalue weighted by Crippen LogP contribution is 2.17. The van der Waals surface area contributed by atoms with E-state index in [1.807, 2.05) is 36.4 Å². The Labute approximate surface area is 106 Å². The van der Waals surface area contributed by atoms with Gasteiger partial charge >= 0.3 is 5.97 Å². The maximum Gasteiger partial charge on any atom is 0.337 e. The van der Waals surface area contributed by atoms with Crippen LogP contribution in [-0.2, 0) is 4.74 Å². The third-order valence-electron chi connectivity index (χ3n) is 2.65. The number of carbonyl (C=O) groups excluding carboxylic acids is 1. The summed E-state index contributed by atoms with van der Waals surface area (Å²) < 4.78 is 4.65. The smallest absolute Gasteiger partial charge is 0.337 e. The Balaban J connectivity index is 2.10. The van der Waals surface area contributed by atoms with Gasteiger partial charge < -0.3 is 10.1 Å². The second-order valence-corrected chi connectivity index (χ2v) is 4.06. The van der Waals surface area contributed by atoms with Gasteiger partial charge in [0.05, 0.1) is 12.7 Å². The molecule has 18 heavy (non-hydrogen) atoms. The Hall–Kier alpha value is -2.29. The van der Waals surface area contributed by atoms with Gasteiger partial charge in [-0.15, -0.1) is 0 Å². The zero-order valence-electron chi connectivity index (χ0n) is 10.4. The van der Waals surface area contributed by atoms with Gasteiger partial charge in [-0.25, -0.2) is 4.79 Å². The lowest BCUT2D eigenvalue weighted by Gasteiger charge is -2.07. The third kappa shape index (κ3) is 2.88. The van der Waals surface area contributed by atoms with Crippen LogP contribution in [0.1, 0.15) is 15.9 Å². The molecule has 3 nitrogen and oxygen atoms in total. The Bertz CT molecular complexity index is 529. The third-order valence-corrected chi connectivity index (χ3v) is 2.65. The van der Waals surface area contributed by atoms with Crippen LogP contribution in [0.3, 0.4) is 0 Å². The zero-order valence-corrected chi connectivity index (χ0v) is 10.4. The lowest BCUT2D eigenvalue weighted by molar-refractivity contribution is 0.0601. The number of hydrogen-bond donors (Lipinski definition) is 1. The minimum atomic E-state index is -0.322. The molecule has 0 bridgehead atoms. The molecule has 0 radical (unpaired) electrons. The highest BCUT2D eigenvalue weighted by molar-refractivity contribution is 5.89. The molecule has 0 spiro atoms. The van der Waals surface area contributed by atoms with Crippen molar-refractivity contribution in [2.45, 2.75) is 6.92 Å². The monoisotopic (exact) mass is 241 g/mol. The summed E-state index contributed by atoms with van der Waals surface area (Å²) in [6.07, 6.45) is 0. The number of benzene rings is 2. The standard InChI is InChI=1S/C15H15NO2/c1-11-3-7-13(8-4-11)16-14-9-5-12(6-10-14)15(17)18-2/h3-10,16H,1-2H3. The first-order valence-electron chi connectivity index (χ1n) is 5.71. The first-order valence-corrected chi connectivity index (χ1v) is 5.71. The average molecular weight is 241 g/mol. The molecule has 0 saturated heterocycles. The van der Waals surface area contributed by atoms with Gasteiger partial charge in [0.25, 0.3) is 0 Å². The predicted molar refractivity (Wildman–Crippen MR) is 72.2 cm³/mol. The van der Waals surface area contributed by atoms with Crippen molar-refractivity contribution in [3.05, 3.63) is 59.7 Å². The van der Waals surface area contributed by atoms with Crippen molar-refractivity contribution in [1.29, 1.82) is 0 Å². The van der Waals surface area contributed by atoms with E-state index in [0.717, 1.165) is 11.4 Å². The van der Waals surface area contributed by atoms with E-state index in [2.05, 4.69) is 17.0 Å². The molecular formula is C15H15NO2. The first kappa shape index (κ1) is 12.2. The largest absolute Gasteiger partial charge is 0.465 e. The molecule has 0 amide bonds. The van der Waals surface area contributed by atoms with Crippen LogP contribution in [0.2, 0.25) is 0 Å². The molecule has 0 heterocycles. The molecule has 0 saturated carbocycles. The number of esters is 1. The number of aryl methyl sites for hydroxylation is 1. The Kier molecular flexibility index (Phi) is 3.63.